The molecule has 2 aliphatic rings. The molecule has 0 unspecified atom stereocenters. The number of benzene rings is 2. The third kappa shape index (κ3) is 5.77. The lowest BCUT2D eigenvalue weighted by Gasteiger charge is -2.40. The number of halogens is 1. The van der Waals surface area contributed by atoms with Crippen LogP contribution >= 0.6 is 15.9 Å². The summed E-state index contributed by atoms with van der Waals surface area (Å²) in [7, 11) is 2.07. The maximum absolute atomic E-state index is 14.6. The van der Waals surface area contributed by atoms with Crippen molar-refractivity contribution in [3.63, 3.8) is 0 Å². The number of alkyl carbamates (subject to hydrolysis) is 1. The highest BCUT2D eigenvalue weighted by Crippen LogP contribution is 2.45. The lowest BCUT2D eigenvalue weighted by molar-refractivity contribution is -0.134. The Bertz CT molecular complexity index is 1860. The van der Waals surface area contributed by atoms with E-state index in [4.69, 9.17) is 4.74 Å². The molecule has 0 radical (unpaired) electrons. The molecule has 0 saturated heterocycles. The van der Waals surface area contributed by atoms with E-state index in [1.165, 1.54) is 0 Å². The molecule has 0 bridgehead atoms. The van der Waals surface area contributed by atoms with Crippen LogP contribution in [0.25, 0.3) is 27.4 Å². The maximum atomic E-state index is 14.6. The molecule has 10 heteroatoms. The number of H-pyrrole nitrogens is 1. The predicted octanol–water partition coefficient (Wildman–Crippen LogP) is 6.40. The Morgan fingerprint density at radius 2 is 1.85 bits per heavy atom. The second-order valence-electron chi connectivity index (χ2n) is 13.3. The Hall–Kier alpha value is -3.89. The highest BCUT2D eigenvalue weighted by atomic mass is 79.9. The highest BCUT2D eigenvalue weighted by molar-refractivity contribution is 9.10. The number of hydrogen-bond donors (Lipinski definition) is 2. The standard InChI is InChI=1S/C36H42BrN5O4/c1-7-41(8-2)33(43)22-16-25-24-13-11-15-29-31(24)26(18-30(25)40(6)20-22)32(37)42(29)34(44)28(39-35(45)46-36(3,4)5)17-21-19-38-27-14-10-9-12-23(21)27/h9-16,19,22,28,30,38H,7-8,17-18,20H2,1-6H3,(H,39,45)/t22-,28+,30-/m1/s1. The molecule has 0 saturated carbocycles. The Labute approximate surface area is 278 Å². The molecule has 3 heterocycles. The Balaban J connectivity index is 1.42. The number of aromatic amines is 1. The van der Waals surface area contributed by atoms with Crippen LogP contribution in [0.5, 0.6) is 0 Å². The summed E-state index contributed by atoms with van der Waals surface area (Å²) in [6, 6.07) is 13.1. The molecule has 2 aromatic carbocycles. The minimum Gasteiger partial charge on any atom is -0.444 e. The fourth-order valence-electron chi connectivity index (χ4n) is 7.06. The number of likely N-dealkylation sites (N-methyl/N-ethyl adjacent to an activating group) is 1. The normalized spacial score (nSPS) is 18.6. The van der Waals surface area contributed by atoms with E-state index < -0.39 is 17.7 Å². The van der Waals surface area contributed by atoms with E-state index in [9.17, 15) is 14.4 Å². The van der Waals surface area contributed by atoms with E-state index in [0.29, 0.717) is 30.7 Å². The first kappa shape index (κ1) is 32.1. The predicted molar refractivity (Wildman–Crippen MR) is 185 cm³/mol. The first-order valence-corrected chi connectivity index (χ1v) is 16.8. The van der Waals surface area contributed by atoms with Crippen molar-refractivity contribution in [1.29, 1.82) is 0 Å². The van der Waals surface area contributed by atoms with Gasteiger partial charge in [0.1, 0.15) is 11.6 Å². The van der Waals surface area contributed by atoms with Gasteiger partial charge in [-0.15, -0.1) is 0 Å². The summed E-state index contributed by atoms with van der Waals surface area (Å²) >= 11 is 3.83. The van der Waals surface area contributed by atoms with Gasteiger partial charge in [0, 0.05) is 54.6 Å². The summed E-state index contributed by atoms with van der Waals surface area (Å²) in [5, 5.41) is 4.89. The maximum Gasteiger partial charge on any atom is 0.408 e. The summed E-state index contributed by atoms with van der Waals surface area (Å²) in [6.07, 6.45) is 4.36. The van der Waals surface area contributed by atoms with E-state index in [0.717, 1.165) is 44.1 Å². The van der Waals surface area contributed by atoms with Crippen LogP contribution in [0.15, 0.2) is 59.3 Å². The average Bonchev–Trinajstić information content (AvgIpc) is 3.55. The molecule has 46 heavy (non-hydrogen) atoms. The first-order valence-electron chi connectivity index (χ1n) is 16.0. The summed E-state index contributed by atoms with van der Waals surface area (Å²) in [6.45, 7) is 11.4. The second-order valence-corrected chi connectivity index (χ2v) is 14.1. The van der Waals surface area contributed by atoms with E-state index in [-0.39, 0.29) is 30.2 Å². The number of rotatable bonds is 7. The van der Waals surface area contributed by atoms with E-state index in [2.05, 4.69) is 50.3 Å². The van der Waals surface area contributed by atoms with Crippen molar-refractivity contribution in [1.82, 2.24) is 24.7 Å². The second kappa shape index (κ2) is 12.4. The molecule has 0 fully saturated rings. The molecule has 2 aromatic heterocycles. The van der Waals surface area contributed by atoms with E-state index >= 15 is 0 Å². The zero-order valence-corrected chi connectivity index (χ0v) is 28.9. The minimum absolute atomic E-state index is 0.0722. The number of nitrogens with zero attached hydrogens (tertiary/aromatic N) is 3. The molecule has 1 aliphatic heterocycles. The Morgan fingerprint density at radius 1 is 1.11 bits per heavy atom. The lowest BCUT2D eigenvalue weighted by Crippen LogP contribution is -2.47. The molecule has 0 spiro atoms. The third-order valence-electron chi connectivity index (χ3n) is 9.20. The molecule has 2 N–H and O–H groups in total. The summed E-state index contributed by atoms with van der Waals surface area (Å²) in [5.74, 6) is -0.361. The number of aromatic nitrogens is 2. The number of nitrogens with one attached hydrogen (secondary N) is 2. The van der Waals surface area contributed by atoms with Gasteiger partial charge in [-0.3, -0.25) is 19.1 Å². The van der Waals surface area contributed by atoms with Gasteiger partial charge in [0.2, 0.25) is 5.91 Å². The molecule has 6 rings (SSSR count). The van der Waals surface area contributed by atoms with Crippen LogP contribution < -0.4 is 5.32 Å². The van der Waals surface area contributed by atoms with Gasteiger partial charge in [-0.25, -0.2) is 4.79 Å². The topological polar surface area (TPSA) is 99.7 Å². The number of ether oxygens (including phenoxy) is 1. The van der Waals surface area contributed by atoms with Crippen LogP contribution in [-0.4, -0.2) is 81.6 Å². The van der Waals surface area contributed by atoms with Crippen molar-refractivity contribution in [2.24, 2.45) is 5.92 Å². The van der Waals surface area contributed by atoms with Gasteiger partial charge in [0.25, 0.3) is 5.91 Å². The van der Waals surface area contributed by atoms with Crippen molar-refractivity contribution in [2.75, 3.05) is 26.7 Å². The lowest BCUT2D eigenvalue weighted by atomic mass is 9.79. The molecular formula is C36H42BrN5O4. The van der Waals surface area contributed by atoms with Crippen LogP contribution in [0.3, 0.4) is 0 Å². The number of carbonyl (C=O) groups is 3. The molecule has 3 atom stereocenters. The number of hydrogen-bond acceptors (Lipinski definition) is 5. The van der Waals surface area contributed by atoms with Crippen LogP contribution in [0.4, 0.5) is 4.79 Å². The number of carbonyl (C=O) groups excluding carboxylic acids is 3. The van der Waals surface area contributed by atoms with Crippen LogP contribution in [0.1, 0.15) is 56.1 Å². The van der Waals surface area contributed by atoms with Crippen LogP contribution in [0.2, 0.25) is 0 Å². The number of para-hydroxylation sites is 1. The fourth-order valence-corrected chi connectivity index (χ4v) is 7.78. The summed E-state index contributed by atoms with van der Waals surface area (Å²) < 4.78 is 7.98. The van der Waals surface area contributed by atoms with Crippen LogP contribution in [0, 0.1) is 5.92 Å². The summed E-state index contributed by atoms with van der Waals surface area (Å²) in [4.78, 5) is 48.6. The van der Waals surface area contributed by atoms with Gasteiger partial charge in [-0.1, -0.05) is 36.4 Å². The van der Waals surface area contributed by atoms with Gasteiger partial charge in [-0.2, -0.15) is 0 Å². The Kier molecular flexibility index (Phi) is 8.63. The quantitative estimate of drug-likeness (QED) is 0.234. The van der Waals surface area contributed by atoms with Crippen molar-refractivity contribution in [2.45, 2.75) is 65.1 Å². The summed E-state index contributed by atoms with van der Waals surface area (Å²) in [5.41, 5.74) is 5.13. The molecule has 1 aliphatic carbocycles. The highest BCUT2D eigenvalue weighted by Gasteiger charge is 2.39. The average molecular weight is 689 g/mol. The fraction of sp³-hybridized carbons (Fsp3) is 0.417. The van der Waals surface area contributed by atoms with Crippen molar-refractivity contribution >= 4 is 61.2 Å². The van der Waals surface area contributed by atoms with Gasteiger partial charge >= 0.3 is 6.09 Å². The van der Waals surface area contributed by atoms with Gasteiger partial charge < -0.3 is 19.9 Å². The van der Waals surface area contributed by atoms with Crippen LogP contribution in [-0.2, 0) is 22.4 Å². The van der Waals surface area contributed by atoms with Crippen molar-refractivity contribution in [3.05, 3.63) is 76.0 Å². The number of amides is 2. The van der Waals surface area contributed by atoms with Crippen molar-refractivity contribution < 1.29 is 19.1 Å². The smallest absolute Gasteiger partial charge is 0.408 e. The van der Waals surface area contributed by atoms with E-state index in [1.54, 1.807) is 25.3 Å². The largest absolute Gasteiger partial charge is 0.444 e. The SMILES string of the molecule is CCN(CC)C(=O)[C@@H]1C=C2c3cccc4c3c(c(Br)n4C(=O)[C@H](Cc3c[nH]c4ccccc34)NC(=O)OC(C)(C)C)C[C@H]2N(C)C1. The Morgan fingerprint density at radius 3 is 2.57 bits per heavy atom. The molecule has 2 amide bonds. The minimum atomic E-state index is -0.904. The zero-order chi connectivity index (χ0) is 32.9. The molecule has 242 valence electrons. The van der Waals surface area contributed by atoms with Gasteiger partial charge in [-0.05, 0) is 98.4 Å². The van der Waals surface area contributed by atoms with Crippen molar-refractivity contribution in [3.8, 4) is 0 Å². The molecular weight excluding hydrogens is 646 g/mol. The molecule has 4 aromatic rings. The number of fused-ring (bicyclic) bond motifs is 3. The molecule has 9 nitrogen and oxygen atoms in total. The third-order valence-corrected chi connectivity index (χ3v) is 10.0. The monoisotopic (exact) mass is 687 g/mol. The zero-order valence-electron chi connectivity index (χ0n) is 27.3. The van der Waals surface area contributed by atoms with Gasteiger partial charge in [0.15, 0.2) is 0 Å². The van der Waals surface area contributed by atoms with E-state index in [1.807, 2.05) is 61.3 Å². The van der Waals surface area contributed by atoms with Gasteiger partial charge in [0.05, 0.1) is 16.0 Å². The first-order chi connectivity index (χ1) is 21.9.